The van der Waals surface area contributed by atoms with Gasteiger partial charge in [-0.05, 0) is 30.4 Å². The zero-order valence-electron chi connectivity index (χ0n) is 11.3. The van der Waals surface area contributed by atoms with Gasteiger partial charge in [0.25, 0.3) is 0 Å². The number of anilines is 1. The van der Waals surface area contributed by atoms with E-state index in [1.54, 1.807) is 7.11 Å². The van der Waals surface area contributed by atoms with E-state index < -0.39 is 0 Å². The maximum atomic E-state index is 10.4. The fraction of sp³-hybridized carbons (Fsp3) is 0.600. The van der Waals surface area contributed by atoms with Crippen LogP contribution in [0.4, 0.5) is 5.69 Å². The molecule has 3 rings (SSSR count). The Morgan fingerprint density at radius 3 is 2.84 bits per heavy atom. The number of rotatable bonds is 2. The number of nitrogens with one attached hydrogen (secondary N) is 1. The summed E-state index contributed by atoms with van der Waals surface area (Å²) in [6.45, 7) is 1.61. The van der Waals surface area contributed by atoms with Crippen LogP contribution in [0.2, 0.25) is 0 Å². The molecule has 4 heteroatoms. The molecule has 1 fully saturated rings. The van der Waals surface area contributed by atoms with E-state index in [1.165, 1.54) is 0 Å². The monoisotopic (exact) mass is 263 g/mol. The van der Waals surface area contributed by atoms with Crippen molar-refractivity contribution < 1.29 is 14.6 Å². The highest BCUT2D eigenvalue weighted by Crippen LogP contribution is 2.33. The van der Waals surface area contributed by atoms with Crippen LogP contribution >= 0.6 is 0 Å². The van der Waals surface area contributed by atoms with Crippen molar-refractivity contribution in [1.29, 1.82) is 0 Å². The number of methoxy groups -OCH3 is 1. The van der Waals surface area contributed by atoms with Crippen molar-refractivity contribution in [3.63, 3.8) is 0 Å². The lowest BCUT2D eigenvalue weighted by Crippen LogP contribution is -2.46. The summed E-state index contributed by atoms with van der Waals surface area (Å²) >= 11 is 0. The van der Waals surface area contributed by atoms with Gasteiger partial charge in [0.2, 0.25) is 0 Å². The lowest BCUT2D eigenvalue weighted by Gasteiger charge is -2.38. The number of ether oxygens (including phenoxy) is 2. The smallest absolute Gasteiger partial charge is 0.120 e. The summed E-state index contributed by atoms with van der Waals surface area (Å²) in [5, 5.41) is 13.9. The Labute approximate surface area is 113 Å². The van der Waals surface area contributed by atoms with E-state index >= 15 is 0 Å². The summed E-state index contributed by atoms with van der Waals surface area (Å²) in [6.07, 6.45) is 2.44. The largest absolute Gasteiger partial charge is 0.497 e. The minimum absolute atomic E-state index is 0.128. The Kier molecular flexibility index (Phi) is 3.62. The summed E-state index contributed by atoms with van der Waals surface area (Å²) in [5.41, 5.74) is 2.26. The minimum Gasteiger partial charge on any atom is -0.497 e. The van der Waals surface area contributed by atoms with Crippen LogP contribution in [0.5, 0.6) is 5.75 Å². The molecule has 2 aliphatic rings. The summed E-state index contributed by atoms with van der Waals surface area (Å²) in [4.78, 5) is 0. The number of hydrogen-bond donors (Lipinski definition) is 2. The molecule has 1 saturated heterocycles. The van der Waals surface area contributed by atoms with Crippen molar-refractivity contribution in [2.75, 3.05) is 25.6 Å². The Morgan fingerprint density at radius 1 is 1.32 bits per heavy atom. The molecule has 104 valence electrons. The minimum atomic E-state index is -0.316. The van der Waals surface area contributed by atoms with Gasteiger partial charge in [-0.15, -0.1) is 0 Å². The lowest BCUT2D eigenvalue weighted by atomic mass is 9.83. The SMILES string of the molecule is COc1ccc2c(c1)NC(C1CCOCC1)C(O)C2. The summed E-state index contributed by atoms with van der Waals surface area (Å²) in [5.74, 6) is 1.34. The third-order valence-electron chi connectivity index (χ3n) is 4.26. The molecule has 0 spiro atoms. The first-order valence-corrected chi connectivity index (χ1v) is 6.97. The van der Waals surface area contributed by atoms with E-state index in [2.05, 4.69) is 5.32 Å². The topological polar surface area (TPSA) is 50.7 Å². The van der Waals surface area contributed by atoms with Gasteiger partial charge in [-0.3, -0.25) is 0 Å². The summed E-state index contributed by atoms with van der Waals surface area (Å²) < 4.78 is 10.7. The summed E-state index contributed by atoms with van der Waals surface area (Å²) in [7, 11) is 1.68. The molecular weight excluding hydrogens is 242 g/mol. The zero-order chi connectivity index (χ0) is 13.2. The Hall–Kier alpha value is -1.26. The van der Waals surface area contributed by atoms with Gasteiger partial charge in [-0.25, -0.2) is 0 Å². The zero-order valence-corrected chi connectivity index (χ0v) is 11.3. The molecule has 1 aromatic rings. The first kappa shape index (κ1) is 12.8. The molecular formula is C15H21NO3. The molecule has 0 bridgehead atoms. The standard InChI is InChI=1S/C15H21NO3/c1-18-12-3-2-11-8-14(17)15(16-13(11)9-12)10-4-6-19-7-5-10/h2-3,9-10,14-17H,4-8H2,1H3. The first-order chi connectivity index (χ1) is 9.28. The van der Waals surface area contributed by atoms with Crippen molar-refractivity contribution in [2.45, 2.75) is 31.4 Å². The molecule has 2 unspecified atom stereocenters. The normalized spacial score (nSPS) is 27.5. The van der Waals surface area contributed by atoms with E-state index in [-0.39, 0.29) is 12.1 Å². The molecule has 0 amide bonds. The van der Waals surface area contributed by atoms with E-state index in [9.17, 15) is 5.11 Å². The number of hydrogen-bond acceptors (Lipinski definition) is 4. The van der Waals surface area contributed by atoms with Gasteiger partial charge in [-0.1, -0.05) is 6.07 Å². The molecule has 1 aromatic carbocycles. The second-order valence-corrected chi connectivity index (χ2v) is 5.41. The Morgan fingerprint density at radius 2 is 2.11 bits per heavy atom. The molecule has 2 N–H and O–H groups in total. The van der Waals surface area contributed by atoms with E-state index in [4.69, 9.17) is 9.47 Å². The maximum absolute atomic E-state index is 10.4. The number of aliphatic hydroxyl groups excluding tert-OH is 1. The van der Waals surface area contributed by atoms with Crippen LogP contribution in [0, 0.1) is 5.92 Å². The molecule has 2 atom stereocenters. The molecule has 0 aliphatic carbocycles. The molecule has 4 nitrogen and oxygen atoms in total. The number of fused-ring (bicyclic) bond motifs is 1. The van der Waals surface area contributed by atoms with Gasteiger partial charge < -0.3 is 19.9 Å². The Balaban J connectivity index is 1.80. The first-order valence-electron chi connectivity index (χ1n) is 6.97. The number of benzene rings is 1. The fourth-order valence-electron chi connectivity index (χ4n) is 3.13. The van der Waals surface area contributed by atoms with Crippen LogP contribution in [0.15, 0.2) is 18.2 Å². The highest BCUT2D eigenvalue weighted by Gasteiger charge is 2.33. The third kappa shape index (κ3) is 2.55. The van der Waals surface area contributed by atoms with Crippen molar-refractivity contribution in [3.05, 3.63) is 23.8 Å². The van der Waals surface area contributed by atoms with Gasteiger partial charge in [-0.2, -0.15) is 0 Å². The predicted molar refractivity (Wildman–Crippen MR) is 73.7 cm³/mol. The quantitative estimate of drug-likeness (QED) is 0.854. The van der Waals surface area contributed by atoms with Crippen molar-refractivity contribution in [1.82, 2.24) is 0 Å². The number of aliphatic hydroxyl groups is 1. The molecule has 2 heterocycles. The molecule has 2 aliphatic heterocycles. The van der Waals surface area contributed by atoms with Crippen LogP contribution < -0.4 is 10.1 Å². The second kappa shape index (κ2) is 5.39. The molecule has 0 aromatic heterocycles. The average molecular weight is 263 g/mol. The van der Waals surface area contributed by atoms with E-state index in [1.807, 2.05) is 18.2 Å². The van der Waals surface area contributed by atoms with Crippen LogP contribution in [0.3, 0.4) is 0 Å². The Bertz CT molecular complexity index is 443. The third-order valence-corrected chi connectivity index (χ3v) is 4.26. The lowest BCUT2D eigenvalue weighted by molar-refractivity contribution is 0.0348. The van der Waals surface area contributed by atoms with Gasteiger partial charge in [0, 0.05) is 31.4 Å². The fourth-order valence-corrected chi connectivity index (χ4v) is 3.13. The van der Waals surface area contributed by atoms with Gasteiger partial charge in [0.05, 0.1) is 19.3 Å². The molecule has 0 radical (unpaired) electrons. The highest BCUT2D eigenvalue weighted by molar-refractivity contribution is 5.58. The summed E-state index contributed by atoms with van der Waals surface area (Å²) in [6, 6.07) is 6.13. The van der Waals surface area contributed by atoms with Crippen LogP contribution in [-0.4, -0.2) is 37.6 Å². The average Bonchev–Trinajstić information content (AvgIpc) is 2.47. The van der Waals surface area contributed by atoms with Gasteiger partial charge >= 0.3 is 0 Å². The van der Waals surface area contributed by atoms with Crippen molar-refractivity contribution >= 4 is 5.69 Å². The highest BCUT2D eigenvalue weighted by atomic mass is 16.5. The van der Waals surface area contributed by atoms with Crippen LogP contribution in [0.25, 0.3) is 0 Å². The van der Waals surface area contributed by atoms with E-state index in [0.29, 0.717) is 12.3 Å². The van der Waals surface area contributed by atoms with Gasteiger partial charge in [0.15, 0.2) is 0 Å². The maximum Gasteiger partial charge on any atom is 0.120 e. The van der Waals surface area contributed by atoms with Crippen LogP contribution in [-0.2, 0) is 11.2 Å². The molecule has 19 heavy (non-hydrogen) atoms. The van der Waals surface area contributed by atoms with Gasteiger partial charge in [0.1, 0.15) is 5.75 Å². The van der Waals surface area contributed by atoms with E-state index in [0.717, 1.165) is 43.1 Å². The second-order valence-electron chi connectivity index (χ2n) is 5.41. The predicted octanol–water partition coefficient (Wildman–Crippen LogP) is 1.82. The molecule has 0 saturated carbocycles. The van der Waals surface area contributed by atoms with Crippen molar-refractivity contribution in [2.24, 2.45) is 5.92 Å². The van der Waals surface area contributed by atoms with Crippen LogP contribution in [0.1, 0.15) is 18.4 Å². The van der Waals surface area contributed by atoms with Crippen molar-refractivity contribution in [3.8, 4) is 5.75 Å².